The van der Waals surface area contributed by atoms with Gasteiger partial charge in [-0.15, -0.1) is 0 Å². The van der Waals surface area contributed by atoms with Gasteiger partial charge in [-0.05, 0) is 162 Å². The zero-order chi connectivity index (χ0) is 50.1. The van der Waals surface area contributed by atoms with Crippen LogP contribution in [0.15, 0.2) is 261 Å². The number of hydrogen-bond donors (Lipinski definition) is 0. The maximum absolute atomic E-state index is 2.65. The number of fused-ring (bicyclic) bond motifs is 9. The molecule has 0 heterocycles. The largest absolute Gasteiger partial charge is 0.310 e. The monoisotopic (exact) mass is 981 g/mol. The summed E-state index contributed by atoms with van der Waals surface area (Å²) in [6, 6.07) is 99.9. The molecule has 0 aliphatic heterocycles. The van der Waals surface area contributed by atoms with Crippen molar-refractivity contribution in [2.24, 2.45) is 23.7 Å². The Balaban J connectivity index is 0.928. The molecule has 3 unspecified atom stereocenters. The fourth-order valence-electron chi connectivity index (χ4n) is 15.9. The highest BCUT2D eigenvalue weighted by Crippen LogP contribution is 2.69. The van der Waals surface area contributed by atoms with E-state index < -0.39 is 13.5 Å². The summed E-state index contributed by atoms with van der Waals surface area (Å²) in [5.74, 6) is 2.67. The molecule has 14 rings (SSSR count). The number of para-hydroxylation sites is 1. The first-order valence-electron chi connectivity index (χ1n) is 27.7. The van der Waals surface area contributed by atoms with Gasteiger partial charge in [-0.2, -0.15) is 0 Å². The van der Waals surface area contributed by atoms with Crippen LogP contribution < -0.4 is 25.6 Å². The molecule has 0 amide bonds. The van der Waals surface area contributed by atoms with E-state index in [1.54, 1.807) is 11.1 Å². The van der Waals surface area contributed by atoms with Crippen LogP contribution in [0.5, 0.6) is 0 Å². The standard InChI is InChI=1S/C73H63NSi/c1-3-52-48-55-46-51(2)47-56(49-52)72(55)68-34-20-21-35-69(68)73(66-32-18-16-30-64(66)65-31-17-19-33-67(65)73)71-50-59(42-45-70(71)72)74(57-22-8-4-9-23-57)58-40-36-53(37-41-58)54-38-43-63(44-39-54)75(60-24-10-5-11-25-60,61-26-12-6-13-27-61)62-28-14-7-15-29-62/h4-45,50-52,55-56H,3,46-49H2,1-2H3/t51?,52?,55-,56+,72?. The van der Waals surface area contributed by atoms with Gasteiger partial charge in [-0.3, -0.25) is 0 Å². The third-order valence-electron chi connectivity index (χ3n) is 18.7. The van der Waals surface area contributed by atoms with E-state index >= 15 is 0 Å². The maximum atomic E-state index is 2.65. The van der Waals surface area contributed by atoms with Gasteiger partial charge < -0.3 is 4.90 Å². The minimum Gasteiger partial charge on any atom is -0.310 e. The number of nitrogens with zero attached hydrogens (tertiary/aromatic N) is 1. The molecule has 2 spiro atoms. The lowest BCUT2D eigenvalue weighted by Crippen LogP contribution is -2.74. The molecule has 0 N–H and O–H groups in total. The van der Waals surface area contributed by atoms with Crippen LogP contribution in [0.2, 0.25) is 0 Å². The molecular weight excluding hydrogens is 919 g/mol. The number of rotatable bonds is 9. The van der Waals surface area contributed by atoms with Gasteiger partial charge in [0, 0.05) is 22.5 Å². The molecule has 0 radical (unpaired) electrons. The van der Waals surface area contributed by atoms with E-state index in [4.69, 9.17) is 0 Å². The summed E-state index contributed by atoms with van der Waals surface area (Å²) < 4.78 is 0. The first kappa shape index (κ1) is 45.8. The highest BCUT2D eigenvalue weighted by Gasteiger charge is 2.62. The van der Waals surface area contributed by atoms with Crippen LogP contribution in [-0.2, 0) is 10.8 Å². The van der Waals surface area contributed by atoms with Crippen molar-refractivity contribution in [3.05, 3.63) is 294 Å². The first-order valence-corrected chi connectivity index (χ1v) is 29.7. The number of benzene rings is 10. The Kier molecular flexibility index (Phi) is 11.1. The predicted octanol–water partition coefficient (Wildman–Crippen LogP) is 15.6. The van der Waals surface area contributed by atoms with Gasteiger partial charge in [0.05, 0.1) is 5.41 Å². The Morgan fingerprint density at radius 1 is 0.373 bits per heavy atom. The Bertz CT molecular complexity index is 3520. The van der Waals surface area contributed by atoms with Gasteiger partial charge in [0.1, 0.15) is 0 Å². The van der Waals surface area contributed by atoms with E-state index in [0.29, 0.717) is 11.8 Å². The quantitative estimate of drug-likeness (QED) is 0.103. The Labute approximate surface area is 445 Å². The Morgan fingerprint density at radius 2 is 0.773 bits per heavy atom. The second kappa shape index (κ2) is 18.3. The van der Waals surface area contributed by atoms with E-state index in [-0.39, 0.29) is 5.41 Å². The first-order chi connectivity index (χ1) is 37.0. The highest BCUT2D eigenvalue weighted by molar-refractivity contribution is 7.19. The third kappa shape index (κ3) is 6.81. The highest BCUT2D eigenvalue weighted by atomic mass is 28.3. The van der Waals surface area contributed by atoms with Crippen LogP contribution in [-0.4, -0.2) is 8.07 Å². The van der Waals surface area contributed by atoms with Crippen LogP contribution in [0, 0.1) is 23.7 Å². The predicted molar refractivity (Wildman–Crippen MR) is 317 cm³/mol. The zero-order valence-corrected chi connectivity index (χ0v) is 44.1. The second-order valence-electron chi connectivity index (χ2n) is 22.3. The van der Waals surface area contributed by atoms with Crippen molar-refractivity contribution >= 4 is 45.9 Å². The molecular formula is C73H63NSi. The summed E-state index contributed by atoms with van der Waals surface area (Å²) in [7, 11) is -2.64. The summed E-state index contributed by atoms with van der Waals surface area (Å²) in [5.41, 5.74) is 17.0. The average Bonchev–Trinajstić information content (AvgIpc) is 3.96. The van der Waals surface area contributed by atoms with E-state index in [2.05, 4.69) is 280 Å². The van der Waals surface area contributed by atoms with Gasteiger partial charge in [0.2, 0.25) is 0 Å². The van der Waals surface area contributed by atoms with E-state index in [0.717, 1.165) is 23.2 Å². The van der Waals surface area contributed by atoms with Gasteiger partial charge >= 0.3 is 0 Å². The van der Waals surface area contributed by atoms with Crippen LogP contribution in [0.4, 0.5) is 17.1 Å². The minimum atomic E-state index is -2.64. The fourth-order valence-corrected chi connectivity index (χ4v) is 20.6. The average molecular weight is 982 g/mol. The number of anilines is 3. The fraction of sp³-hybridized carbons (Fsp3) is 0.178. The summed E-state index contributed by atoms with van der Waals surface area (Å²) in [6.07, 6.45) is 6.43. The van der Waals surface area contributed by atoms with Crippen LogP contribution in [0.3, 0.4) is 0 Å². The molecule has 4 aliphatic rings. The van der Waals surface area contributed by atoms with Gasteiger partial charge in [-0.1, -0.05) is 245 Å². The van der Waals surface area contributed by atoms with Crippen molar-refractivity contribution < 1.29 is 0 Å². The smallest absolute Gasteiger partial charge is 0.179 e. The molecule has 0 saturated heterocycles. The molecule has 1 nitrogen and oxygen atoms in total. The second-order valence-corrected chi connectivity index (χ2v) is 26.2. The zero-order valence-electron chi connectivity index (χ0n) is 43.1. The molecule has 2 saturated carbocycles. The third-order valence-corrected chi connectivity index (χ3v) is 23.5. The molecule has 75 heavy (non-hydrogen) atoms. The Hall–Kier alpha value is -7.78. The van der Waals surface area contributed by atoms with Crippen molar-refractivity contribution in [2.75, 3.05) is 4.90 Å². The SMILES string of the molecule is CCC1C[C@H]2CC(C)C[C@@H](C1)C21c2ccccc2C2(c3ccccc3-c3ccccc32)c2cc(N(c3ccccc3)c3ccc(-c4ccc([Si](c5ccccc5)(c5ccccc5)c5ccccc5)cc4)cc3)ccc21. The molecule has 10 aromatic rings. The lowest BCUT2D eigenvalue weighted by molar-refractivity contribution is 0.0180. The molecule has 10 aromatic carbocycles. The van der Waals surface area contributed by atoms with E-state index in [1.165, 1.54) is 103 Å². The van der Waals surface area contributed by atoms with Crippen LogP contribution in [0.1, 0.15) is 79.3 Å². The lowest BCUT2D eigenvalue weighted by atomic mass is 9.41. The van der Waals surface area contributed by atoms with Gasteiger partial charge in [0.15, 0.2) is 8.07 Å². The molecule has 364 valence electrons. The van der Waals surface area contributed by atoms with Crippen molar-refractivity contribution in [1.29, 1.82) is 0 Å². The molecule has 2 heteroatoms. The summed E-state index contributed by atoms with van der Waals surface area (Å²) in [4.78, 5) is 2.51. The molecule has 5 atom stereocenters. The summed E-state index contributed by atoms with van der Waals surface area (Å²) in [6.45, 7) is 4.98. The normalized spacial score (nSPS) is 20.7. The van der Waals surface area contributed by atoms with Gasteiger partial charge in [0.25, 0.3) is 0 Å². The summed E-state index contributed by atoms with van der Waals surface area (Å²) in [5, 5.41) is 5.53. The minimum absolute atomic E-state index is 0.0550. The van der Waals surface area contributed by atoms with Gasteiger partial charge in [-0.25, -0.2) is 0 Å². The van der Waals surface area contributed by atoms with Crippen LogP contribution >= 0.6 is 0 Å². The molecule has 2 bridgehead atoms. The molecule has 2 fully saturated rings. The molecule has 4 aliphatic carbocycles. The van der Waals surface area contributed by atoms with Crippen molar-refractivity contribution in [3.63, 3.8) is 0 Å². The van der Waals surface area contributed by atoms with Crippen molar-refractivity contribution in [3.8, 4) is 22.3 Å². The Morgan fingerprint density at radius 3 is 1.29 bits per heavy atom. The van der Waals surface area contributed by atoms with Crippen LogP contribution in [0.25, 0.3) is 22.3 Å². The lowest BCUT2D eigenvalue weighted by Gasteiger charge is -2.62. The van der Waals surface area contributed by atoms with Crippen molar-refractivity contribution in [1.82, 2.24) is 0 Å². The van der Waals surface area contributed by atoms with Crippen molar-refractivity contribution in [2.45, 2.75) is 56.8 Å². The maximum Gasteiger partial charge on any atom is 0.179 e. The number of hydrogen-bond acceptors (Lipinski definition) is 1. The summed E-state index contributed by atoms with van der Waals surface area (Å²) >= 11 is 0. The molecule has 0 aromatic heterocycles. The van der Waals surface area contributed by atoms with E-state index in [9.17, 15) is 0 Å². The topological polar surface area (TPSA) is 3.24 Å². The van der Waals surface area contributed by atoms with E-state index in [1.807, 2.05) is 0 Å².